The minimum absolute atomic E-state index is 0.798. The molecule has 2 N–H and O–H groups in total. The highest BCUT2D eigenvalue weighted by Gasteiger charge is 2.15. The number of aromatic nitrogens is 1. The maximum Gasteiger partial charge on any atom is 0.193 e. The number of rotatable bonds is 9. The van der Waals surface area contributed by atoms with Crippen LogP contribution in [-0.4, -0.2) is 62.8 Å². The number of nitrogens with one attached hydrogen (secondary N) is 2. The highest BCUT2D eigenvalue weighted by atomic mass is 16.5. The maximum absolute atomic E-state index is 5.43. The van der Waals surface area contributed by atoms with Gasteiger partial charge in [-0.3, -0.25) is 4.99 Å². The van der Waals surface area contributed by atoms with E-state index in [-0.39, 0.29) is 0 Å². The summed E-state index contributed by atoms with van der Waals surface area (Å²) >= 11 is 0. The van der Waals surface area contributed by atoms with Crippen molar-refractivity contribution < 1.29 is 4.74 Å². The van der Waals surface area contributed by atoms with Crippen molar-refractivity contribution in [1.29, 1.82) is 0 Å². The molecule has 6 nitrogen and oxygen atoms in total. The van der Waals surface area contributed by atoms with Gasteiger partial charge < -0.3 is 20.3 Å². The van der Waals surface area contributed by atoms with E-state index in [2.05, 4.69) is 32.6 Å². The van der Waals surface area contributed by atoms with Crippen LogP contribution in [0.1, 0.15) is 32.1 Å². The normalized spacial score (nSPS) is 15.8. The zero-order chi connectivity index (χ0) is 17.7. The first kappa shape index (κ1) is 19.5. The molecule has 0 aromatic carbocycles. The number of nitrogens with zero attached hydrogens (tertiary/aromatic N) is 3. The predicted octanol–water partition coefficient (Wildman–Crippen LogP) is 2.60. The van der Waals surface area contributed by atoms with Crippen LogP contribution >= 0.6 is 0 Å². The van der Waals surface area contributed by atoms with Crippen LogP contribution in [0.4, 0.5) is 5.82 Å². The standard InChI is InChI=1S/C19H33N5O/c1-20-19(24(2)14-8-17-9-15-25-16-10-17)23-13-6-5-12-22-18-7-3-4-11-21-18/h3-4,7,11,17H,5-6,8-10,12-16H2,1-2H3,(H,20,23)(H,21,22). The lowest BCUT2D eigenvalue weighted by molar-refractivity contribution is 0.0625. The van der Waals surface area contributed by atoms with Crippen molar-refractivity contribution in [2.24, 2.45) is 10.9 Å². The van der Waals surface area contributed by atoms with Gasteiger partial charge in [-0.15, -0.1) is 0 Å². The summed E-state index contributed by atoms with van der Waals surface area (Å²) < 4.78 is 5.43. The molecule has 2 heterocycles. The van der Waals surface area contributed by atoms with Crippen LogP contribution < -0.4 is 10.6 Å². The van der Waals surface area contributed by atoms with Crippen LogP contribution in [0.3, 0.4) is 0 Å². The van der Waals surface area contributed by atoms with Gasteiger partial charge in [-0.05, 0) is 50.2 Å². The number of hydrogen-bond donors (Lipinski definition) is 2. The maximum atomic E-state index is 5.43. The Morgan fingerprint density at radius 2 is 2.08 bits per heavy atom. The summed E-state index contributed by atoms with van der Waals surface area (Å²) in [6.45, 7) is 4.78. The zero-order valence-electron chi connectivity index (χ0n) is 15.7. The third-order valence-corrected chi connectivity index (χ3v) is 4.64. The van der Waals surface area contributed by atoms with Gasteiger partial charge in [0.25, 0.3) is 0 Å². The molecule has 140 valence electrons. The van der Waals surface area contributed by atoms with E-state index in [9.17, 15) is 0 Å². The lowest BCUT2D eigenvalue weighted by Crippen LogP contribution is -2.40. The predicted molar refractivity (Wildman–Crippen MR) is 104 cm³/mol. The van der Waals surface area contributed by atoms with Crippen LogP contribution in [0.5, 0.6) is 0 Å². The minimum Gasteiger partial charge on any atom is -0.381 e. The fourth-order valence-electron chi connectivity index (χ4n) is 3.04. The minimum atomic E-state index is 0.798. The molecule has 0 amide bonds. The van der Waals surface area contributed by atoms with Crippen LogP contribution in [-0.2, 0) is 4.74 Å². The Kier molecular flexibility index (Phi) is 9.12. The monoisotopic (exact) mass is 347 g/mol. The van der Waals surface area contributed by atoms with Crippen molar-refractivity contribution in [1.82, 2.24) is 15.2 Å². The average molecular weight is 348 g/mol. The zero-order valence-corrected chi connectivity index (χ0v) is 15.7. The Morgan fingerprint density at radius 3 is 2.80 bits per heavy atom. The van der Waals surface area contributed by atoms with Gasteiger partial charge in [0.15, 0.2) is 5.96 Å². The average Bonchev–Trinajstić information content (AvgIpc) is 2.67. The quantitative estimate of drug-likeness (QED) is 0.408. The van der Waals surface area contributed by atoms with E-state index >= 15 is 0 Å². The highest BCUT2D eigenvalue weighted by molar-refractivity contribution is 5.79. The summed E-state index contributed by atoms with van der Waals surface area (Å²) in [5, 5.41) is 6.80. The Morgan fingerprint density at radius 1 is 1.28 bits per heavy atom. The second-order valence-electron chi connectivity index (χ2n) is 6.59. The third kappa shape index (κ3) is 7.73. The Balaban J connectivity index is 1.54. The molecule has 1 aliphatic rings. The van der Waals surface area contributed by atoms with Crippen molar-refractivity contribution in [3.63, 3.8) is 0 Å². The largest absolute Gasteiger partial charge is 0.381 e. The van der Waals surface area contributed by atoms with E-state index in [4.69, 9.17) is 4.74 Å². The number of anilines is 1. The summed E-state index contributed by atoms with van der Waals surface area (Å²) in [4.78, 5) is 10.9. The summed E-state index contributed by atoms with van der Waals surface area (Å²) in [7, 11) is 3.98. The molecule has 1 aromatic heterocycles. The molecule has 0 bridgehead atoms. The van der Waals surface area contributed by atoms with E-state index in [0.717, 1.165) is 63.4 Å². The van der Waals surface area contributed by atoms with Crippen molar-refractivity contribution in [3.05, 3.63) is 24.4 Å². The van der Waals surface area contributed by atoms with Gasteiger partial charge in [0.2, 0.25) is 0 Å². The van der Waals surface area contributed by atoms with Gasteiger partial charge in [0.1, 0.15) is 5.82 Å². The Hall–Kier alpha value is -1.82. The molecule has 2 rings (SSSR count). The summed E-state index contributed by atoms with van der Waals surface area (Å²) in [5.41, 5.74) is 0. The lowest BCUT2D eigenvalue weighted by atomic mass is 9.96. The molecule has 0 atom stereocenters. The van der Waals surface area contributed by atoms with Gasteiger partial charge in [0, 0.05) is 53.1 Å². The molecular weight excluding hydrogens is 314 g/mol. The topological polar surface area (TPSA) is 61.8 Å². The second-order valence-corrected chi connectivity index (χ2v) is 6.59. The molecule has 1 fully saturated rings. The molecule has 0 radical (unpaired) electrons. The fourth-order valence-corrected chi connectivity index (χ4v) is 3.04. The van der Waals surface area contributed by atoms with E-state index in [0.29, 0.717) is 0 Å². The summed E-state index contributed by atoms with van der Waals surface area (Å²) in [6, 6.07) is 5.92. The number of hydrogen-bond acceptors (Lipinski definition) is 4. The first-order valence-electron chi connectivity index (χ1n) is 9.44. The first-order valence-corrected chi connectivity index (χ1v) is 9.44. The molecular formula is C19H33N5O. The van der Waals surface area contributed by atoms with Crippen molar-refractivity contribution in [3.8, 4) is 0 Å². The molecule has 1 aliphatic heterocycles. The van der Waals surface area contributed by atoms with Crippen molar-refractivity contribution in [2.45, 2.75) is 32.1 Å². The molecule has 6 heteroatoms. The lowest BCUT2D eigenvalue weighted by Gasteiger charge is -2.26. The third-order valence-electron chi connectivity index (χ3n) is 4.64. The molecule has 0 saturated carbocycles. The molecule has 1 aromatic rings. The number of ether oxygens (including phenoxy) is 1. The van der Waals surface area contributed by atoms with Crippen LogP contribution in [0.15, 0.2) is 29.4 Å². The van der Waals surface area contributed by atoms with Gasteiger partial charge >= 0.3 is 0 Å². The molecule has 0 aliphatic carbocycles. The number of unbranched alkanes of at least 4 members (excludes halogenated alkanes) is 1. The fraction of sp³-hybridized carbons (Fsp3) is 0.684. The number of guanidine groups is 1. The highest BCUT2D eigenvalue weighted by Crippen LogP contribution is 2.18. The van der Waals surface area contributed by atoms with Crippen LogP contribution in [0, 0.1) is 5.92 Å². The molecule has 1 saturated heterocycles. The van der Waals surface area contributed by atoms with Crippen LogP contribution in [0.2, 0.25) is 0 Å². The number of aliphatic imine (C=N–C) groups is 1. The Labute approximate surface area is 152 Å². The van der Waals surface area contributed by atoms with E-state index in [1.165, 1.54) is 19.3 Å². The molecule has 0 unspecified atom stereocenters. The van der Waals surface area contributed by atoms with Gasteiger partial charge in [0.05, 0.1) is 0 Å². The molecule has 25 heavy (non-hydrogen) atoms. The number of pyridine rings is 1. The van der Waals surface area contributed by atoms with Crippen molar-refractivity contribution in [2.75, 3.05) is 52.3 Å². The van der Waals surface area contributed by atoms with Crippen LogP contribution in [0.25, 0.3) is 0 Å². The summed E-state index contributed by atoms with van der Waals surface area (Å²) in [6.07, 6.45) is 7.63. The SMILES string of the molecule is CN=C(NCCCCNc1ccccn1)N(C)CCC1CCOCC1. The van der Waals surface area contributed by atoms with Gasteiger partial charge in [-0.25, -0.2) is 4.98 Å². The smallest absolute Gasteiger partial charge is 0.193 e. The molecule has 0 spiro atoms. The summed E-state index contributed by atoms with van der Waals surface area (Å²) in [5.74, 6) is 2.73. The van der Waals surface area contributed by atoms with Gasteiger partial charge in [-0.1, -0.05) is 6.07 Å². The van der Waals surface area contributed by atoms with E-state index < -0.39 is 0 Å². The second kappa shape index (κ2) is 11.7. The van der Waals surface area contributed by atoms with E-state index in [1.807, 2.05) is 31.4 Å². The first-order chi connectivity index (χ1) is 12.3. The van der Waals surface area contributed by atoms with Gasteiger partial charge in [-0.2, -0.15) is 0 Å². The van der Waals surface area contributed by atoms with Crippen molar-refractivity contribution >= 4 is 11.8 Å². The Bertz CT molecular complexity index is 488. The van der Waals surface area contributed by atoms with E-state index in [1.54, 1.807) is 0 Å².